The molecule has 7 nitrogen and oxygen atoms in total. The molecule has 1 aliphatic heterocycles. The van der Waals surface area contributed by atoms with Crippen LogP contribution in [-0.2, 0) is 9.53 Å². The Bertz CT molecular complexity index is 1260. The van der Waals surface area contributed by atoms with Crippen molar-refractivity contribution in [2.45, 2.75) is 18.9 Å². The molecule has 32 heavy (non-hydrogen) atoms. The van der Waals surface area contributed by atoms with Gasteiger partial charge in [-0.2, -0.15) is 0 Å². The molecule has 1 unspecified atom stereocenters. The average molecular weight is 426 g/mol. The van der Waals surface area contributed by atoms with Crippen molar-refractivity contribution in [3.63, 3.8) is 0 Å². The van der Waals surface area contributed by atoms with Gasteiger partial charge in [0.1, 0.15) is 11.9 Å². The predicted molar refractivity (Wildman–Crippen MR) is 124 cm³/mol. The number of aromatic nitrogens is 2. The molecule has 160 valence electrons. The van der Waals surface area contributed by atoms with Gasteiger partial charge in [-0.3, -0.25) is 9.59 Å². The number of fused-ring (bicyclic) bond motifs is 1. The van der Waals surface area contributed by atoms with Crippen LogP contribution >= 0.6 is 0 Å². The lowest BCUT2D eigenvalue weighted by atomic mass is 10.1. The second-order valence-electron chi connectivity index (χ2n) is 7.67. The number of ether oxygens (including phenoxy) is 1. The van der Waals surface area contributed by atoms with E-state index in [-0.39, 0.29) is 11.8 Å². The Morgan fingerprint density at radius 2 is 1.81 bits per heavy atom. The van der Waals surface area contributed by atoms with Gasteiger partial charge in [-0.15, -0.1) is 0 Å². The van der Waals surface area contributed by atoms with Crippen molar-refractivity contribution < 1.29 is 14.3 Å². The zero-order chi connectivity index (χ0) is 21.9. The van der Waals surface area contributed by atoms with Gasteiger partial charge in [0.05, 0.1) is 16.7 Å². The van der Waals surface area contributed by atoms with Crippen molar-refractivity contribution in [3.05, 3.63) is 78.4 Å². The summed E-state index contributed by atoms with van der Waals surface area (Å²) in [5.74, 6) is 0.219. The summed E-state index contributed by atoms with van der Waals surface area (Å²) in [4.78, 5) is 33.2. The Hall–Kier alpha value is -3.97. The van der Waals surface area contributed by atoms with Crippen LogP contribution in [0.5, 0.6) is 0 Å². The van der Waals surface area contributed by atoms with Gasteiger partial charge < -0.3 is 20.4 Å². The number of para-hydroxylation sites is 3. The van der Waals surface area contributed by atoms with Crippen molar-refractivity contribution in [2.75, 3.05) is 17.2 Å². The van der Waals surface area contributed by atoms with Crippen LogP contribution in [0.2, 0.25) is 0 Å². The fraction of sp³-hybridized carbons (Fsp3) is 0.160. The number of nitrogens with one attached hydrogen (secondary N) is 3. The van der Waals surface area contributed by atoms with Gasteiger partial charge in [0.25, 0.3) is 11.8 Å². The third-order valence-electron chi connectivity index (χ3n) is 5.43. The van der Waals surface area contributed by atoms with Gasteiger partial charge in [-0.05, 0) is 55.3 Å². The molecule has 5 rings (SSSR count). The topological polar surface area (TPSA) is 96.1 Å². The van der Waals surface area contributed by atoms with Crippen LogP contribution in [0.4, 0.5) is 11.4 Å². The zero-order valence-electron chi connectivity index (χ0n) is 17.3. The molecule has 0 saturated carbocycles. The lowest BCUT2D eigenvalue weighted by Crippen LogP contribution is -2.27. The lowest BCUT2D eigenvalue weighted by Gasteiger charge is -2.12. The molecule has 0 bridgehead atoms. The molecule has 1 fully saturated rings. The monoisotopic (exact) mass is 426 g/mol. The van der Waals surface area contributed by atoms with Crippen LogP contribution in [0.15, 0.2) is 72.8 Å². The van der Waals surface area contributed by atoms with E-state index in [1.165, 1.54) is 0 Å². The molecule has 3 N–H and O–H groups in total. The first-order valence-corrected chi connectivity index (χ1v) is 10.6. The first kappa shape index (κ1) is 20.0. The normalized spacial score (nSPS) is 15.6. The van der Waals surface area contributed by atoms with E-state index in [1.807, 2.05) is 48.5 Å². The molecule has 0 spiro atoms. The summed E-state index contributed by atoms with van der Waals surface area (Å²) >= 11 is 0. The molecular formula is C25H22N4O3. The number of benzene rings is 3. The lowest BCUT2D eigenvalue weighted by molar-refractivity contribution is -0.124. The molecule has 1 saturated heterocycles. The number of amides is 2. The summed E-state index contributed by atoms with van der Waals surface area (Å²) in [5, 5.41) is 5.81. The Morgan fingerprint density at radius 3 is 2.66 bits per heavy atom. The Balaban J connectivity index is 1.36. The predicted octanol–water partition coefficient (Wildman–Crippen LogP) is 4.60. The maximum Gasteiger partial charge on any atom is 0.255 e. The molecule has 1 atom stereocenters. The maximum absolute atomic E-state index is 13.0. The van der Waals surface area contributed by atoms with Gasteiger partial charge in [-0.25, -0.2) is 4.98 Å². The summed E-state index contributed by atoms with van der Waals surface area (Å²) in [6, 6.07) is 22.2. The SMILES string of the molecule is O=C(Nc1ccccc1-c1nc2ccccc2[nH]1)c1cccc(NC(=O)C2CCCO2)c1. The van der Waals surface area contributed by atoms with E-state index >= 15 is 0 Å². The number of anilines is 2. The van der Waals surface area contributed by atoms with Crippen molar-refractivity contribution in [1.29, 1.82) is 0 Å². The number of rotatable bonds is 5. The van der Waals surface area contributed by atoms with Crippen LogP contribution in [0.25, 0.3) is 22.4 Å². The molecule has 4 aromatic rings. The molecule has 0 aliphatic carbocycles. The molecule has 3 aromatic carbocycles. The summed E-state index contributed by atoms with van der Waals surface area (Å²) < 4.78 is 5.42. The average Bonchev–Trinajstić information content (AvgIpc) is 3.50. The molecule has 1 aliphatic rings. The van der Waals surface area contributed by atoms with E-state index < -0.39 is 6.10 Å². The standard InChI is InChI=1S/C25H22N4O3/c30-24(16-7-5-8-17(15-16)26-25(31)22-13-6-14-32-22)29-19-10-2-1-9-18(19)23-27-20-11-3-4-12-21(20)28-23/h1-5,7-12,15,22H,6,13-14H2,(H,26,31)(H,27,28)(H,29,30). The maximum atomic E-state index is 13.0. The van der Waals surface area contributed by atoms with Crippen LogP contribution in [-0.4, -0.2) is 34.5 Å². The van der Waals surface area contributed by atoms with Crippen LogP contribution in [0.1, 0.15) is 23.2 Å². The first-order valence-electron chi connectivity index (χ1n) is 10.6. The fourth-order valence-electron chi connectivity index (χ4n) is 3.82. The third-order valence-corrected chi connectivity index (χ3v) is 5.43. The van der Waals surface area contributed by atoms with Gasteiger partial charge in [-0.1, -0.05) is 30.3 Å². The second kappa shape index (κ2) is 8.64. The number of aromatic amines is 1. The smallest absolute Gasteiger partial charge is 0.255 e. The van der Waals surface area contributed by atoms with E-state index in [1.54, 1.807) is 24.3 Å². The van der Waals surface area contributed by atoms with E-state index in [0.717, 1.165) is 23.0 Å². The van der Waals surface area contributed by atoms with Crippen LogP contribution in [0.3, 0.4) is 0 Å². The summed E-state index contributed by atoms with van der Waals surface area (Å²) in [6.07, 6.45) is 1.17. The Kier molecular flexibility index (Phi) is 5.39. The molecular weight excluding hydrogens is 404 g/mol. The molecule has 2 amide bonds. The first-order chi connectivity index (χ1) is 15.7. The van der Waals surface area contributed by atoms with Gasteiger partial charge in [0, 0.05) is 23.4 Å². The highest BCUT2D eigenvalue weighted by Crippen LogP contribution is 2.28. The van der Waals surface area contributed by atoms with Crippen molar-refractivity contribution in [3.8, 4) is 11.4 Å². The van der Waals surface area contributed by atoms with Gasteiger partial charge in [0.15, 0.2) is 0 Å². The molecule has 1 aromatic heterocycles. The zero-order valence-corrected chi connectivity index (χ0v) is 17.3. The Morgan fingerprint density at radius 1 is 0.969 bits per heavy atom. The number of H-pyrrole nitrogens is 1. The highest BCUT2D eigenvalue weighted by molar-refractivity contribution is 6.07. The number of hydrogen-bond acceptors (Lipinski definition) is 4. The summed E-state index contributed by atoms with van der Waals surface area (Å²) in [7, 11) is 0. The quantitative estimate of drug-likeness (QED) is 0.435. The van der Waals surface area contributed by atoms with E-state index in [0.29, 0.717) is 35.8 Å². The third kappa shape index (κ3) is 4.10. The largest absolute Gasteiger partial charge is 0.368 e. The summed E-state index contributed by atoms with van der Waals surface area (Å²) in [6.45, 7) is 0.602. The number of carbonyl (C=O) groups excluding carboxylic acids is 2. The molecule has 7 heteroatoms. The number of imidazole rings is 1. The minimum Gasteiger partial charge on any atom is -0.368 e. The van der Waals surface area contributed by atoms with E-state index in [4.69, 9.17) is 4.74 Å². The van der Waals surface area contributed by atoms with E-state index in [2.05, 4.69) is 20.6 Å². The van der Waals surface area contributed by atoms with Crippen molar-refractivity contribution in [1.82, 2.24) is 9.97 Å². The minimum absolute atomic E-state index is 0.185. The van der Waals surface area contributed by atoms with Gasteiger partial charge >= 0.3 is 0 Å². The minimum atomic E-state index is -0.428. The van der Waals surface area contributed by atoms with Gasteiger partial charge in [0.2, 0.25) is 0 Å². The van der Waals surface area contributed by atoms with Crippen molar-refractivity contribution >= 4 is 34.2 Å². The molecule has 2 heterocycles. The van der Waals surface area contributed by atoms with Crippen LogP contribution < -0.4 is 10.6 Å². The number of carbonyl (C=O) groups is 2. The molecule has 0 radical (unpaired) electrons. The fourth-order valence-corrected chi connectivity index (χ4v) is 3.82. The highest BCUT2D eigenvalue weighted by Gasteiger charge is 2.23. The van der Waals surface area contributed by atoms with E-state index in [9.17, 15) is 9.59 Å². The number of hydrogen-bond donors (Lipinski definition) is 3. The second-order valence-corrected chi connectivity index (χ2v) is 7.67. The van der Waals surface area contributed by atoms with Crippen LogP contribution in [0, 0.1) is 0 Å². The number of nitrogens with zero attached hydrogens (tertiary/aromatic N) is 1. The Labute approximate surface area is 184 Å². The van der Waals surface area contributed by atoms with Crippen molar-refractivity contribution in [2.24, 2.45) is 0 Å². The summed E-state index contributed by atoms with van der Waals surface area (Å²) in [5.41, 5.74) is 4.22. The highest BCUT2D eigenvalue weighted by atomic mass is 16.5.